The van der Waals surface area contributed by atoms with E-state index in [0.29, 0.717) is 0 Å². The van der Waals surface area contributed by atoms with Crippen LogP contribution in [0.3, 0.4) is 0 Å². The molecule has 0 aliphatic carbocycles. The molecule has 0 bridgehead atoms. The van der Waals surface area contributed by atoms with Crippen molar-refractivity contribution in [1.82, 2.24) is 0 Å². The fourth-order valence-electron chi connectivity index (χ4n) is 0.773. The van der Waals surface area contributed by atoms with Crippen LogP contribution in [0.4, 0.5) is 0 Å². The SMILES string of the molecule is Cc1cc(S(=O)(=O)[O-])ccc1Br. The average molecular weight is 250 g/mol. The van der Waals surface area contributed by atoms with Gasteiger partial charge < -0.3 is 4.55 Å². The van der Waals surface area contributed by atoms with E-state index >= 15 is 0 Å². The van der Waals surface area contributed by atoms with Crippen molar-refractivity contribution in [3.8, 4) is 0 Å². The molecule has 1 aromatic rings. The zero-order valence-corrected chi connectivity index (χ0v) is 8.65. The minimum Gasteiger partial charge on any atom is -0.744 e. The highest BCUT2D eigenvalue weighted by molar-refractivity contribution is 9.10. The molecule has 0 heterocycles. The van der Waals surface area contributed by atoms with Crippen LogP contribution in [0.1, 0.15) is 5.56 Å². The molecule has 0 atom stereocenters. The highest BCUT2D eigenvalue weighted by atomic mass is 79.9. The Morgan fingerprint density at radius 1 is 1.42 bits per heavy atom. The first-order valence-electron chi connectivity index (χ1n) is 3.13. The molecule has 0 saturated carbocycles. The summed E-state index contributed by atoms with van der Waals surface area (Å²) < 4.78 is 32.4. The second kappa shape index (κ2) is 3.16. The van der Waals surface area contributed by atoms with Gasteiger partial charge in [-0.15, -0.1) is 0 Å². The largest absolute Gasteiger partial charge is 0.744 e. The molecule has 0 unspecified atom stereocenters. The number of hydrogen-bond donors (Lipinski definition) is 0. The fraction of sp³-hybridized carbons (Fsp3) is 0.143. The van der Waals surface area contributed by atoms with Gasteiger partial charge in [0.05, 0.1) is 4.90 Å². The van der Waals surface area contributed by atoms with Gasteiger partial charge in [0.2, 0.25) is 0 Å². The second-order valence-corrected chi connectivity index (χ2v) is 4.60. The molecule has 0 aliphatic rings. The predicted octanol–water partition coefficient (Wildman–Crippen LogP) is 1.66. The van der Waals surface area contributed by atoms with Crippen molar-refractivity contribution in [3.05, 3.63) is 28.2 Å². The Morgan fingerprint density at radius 2 is 2.00 bits per heavy atom. The van der Waals surface area contributed by atoms with Crippen molar-refractivity contribution >= 4 is 26.0 Å². The van der Waals surface area contributed by atoms with Crippen LogP contribution < -0.4 is 0 Å². The fourth-order valence-corrected chi connectivity index (χ4v) is 1.58. The van der Waals surface area contributed by atoms with Crippen LogP contribution in [-0.4, -0.2) is 13.0 Å². The van der Waals surface area contributed by atoms with Crippen LogP contribution >= 0.6 is 15.9 Å². The first-order chi connectivity index (χ1) is 5.41. The third kappa shape index (κ3) is 2.06. The molecule has 1 rings (SSSR count). The lowest BCUT2D eigenvalue weighted by molar-refractivity contribution is 0.463. The van der Waals surface area contributed by atoms with E-state index in [9.17, 15) is 13.0 Å². The topological polar surface area (TPSA) is 57.2 Å². The van der Waals surface area contributed by atoms with Gasteiger partial charge in [-0.3, -0.25) is 0 Å². The van der Waals surface area contributed by atoms with Crippen LogP contribution in [0, 0.1) is 6.92 Å². The molecular formula is C7H6BrO3S-. The summed E-state index contributed by atoms with van der Waals surface area (Å²) in [4.78, 5) is -0.191. The van der Waals surface area contributed by atoms with Gasteiger partial charge in [0.1, 0.15) is 10.1 Å². The molecule has 0 amide bonds. The monoisotopic (exact) mass is 249 g/mol. The quantitative estimate of drug-likeness (QED) is 0.712. The van der Waals surface area contributed by atoms with E-state index in [-0.39, 0.29) is 4.90 Å². The number of aryl methyl sites for hydroxylation is 1. The second-order valence-electron chi connectivity index (χ2n) is 2.37. The van der Waals surface area contributed by atoms with E-state index in [2.05, 4.69) is 15.9 Å². The van der Waals surface area contributed by atoms with E-state index in [1.165, 1.54) is 12.1 Å². The number of halogens is 1. The van der Waals surface area contributed by atoms with Crippen molar-refractivity contribution in [2.45, 2.75) is 11.8 Å². The van der Waals surface area contributed by atoms with Crippen LogP contribution in [-0.2, 0) is 10.1 Å². The molecule has 0 fully saturated rings. The normalized spacial score (nSPS) is 11.6. The summed E-state index contributed by atoms with van der Waals surface area (Å²) in [6, 6.07) is 4.16. The molecule has 0 radical (unpaired) electrons. The molecule has 3 nitrogen and oxygen atoms in total. The maximum Gasteiger partial charge on any atom is 0.124 e. The first kappa shape index (κ1) is 9.70. The van der Waals surface area contributed by atoms with Gasteiger partial charge in [0, 0.05) is 4.47 Å². The number of benzene rings is 1. The Balaban J connectivity index is 3.33. The van der Waals surface area contributed by atoms with Gasteiger partial charge in [0.25, 0.3) is 0 Å². The molecule has 5 heteroatoms. The summed E-state index contributed by atoms with van der Waals surface area (Å²) in [6.07, 6.45) is 0. The van der Waals surface area contributed by atoms with Gasteiger partial charge in [-0.2, -0.15) is 0 Å². The van der Waals surface area contributed by atoms with Crippen molar-refractivity contribution < 1.29 is 13.0 Å². The summed E-state index contributed by atoms with van der Waals surface area (Å²) in [5, 5.41) is 0. The van der Waals surface area contributed by atoms with Crippen molar-refractivity contribution in [2.75, 3.05) is 0 Å². The van der Waals surface area contributed by atoms with Crippen LogP contribution in [0.2, 0.25) is 0 Å². The van der Waals surface area contributed by atoms with Crippen molar-refractivity contribution in [1.29, 1.82) is 0 Å². The lowest BCUT2D eigenvalue weighted by Gasteiger charge is -2.07. The maximum atomic E-state index is 10.5. The molecule has 0 aromatic heterocycles. The highest BCUT2D eigenvalue weighted by Gasteiger charge is 2.02. The van der Waals surface area contributed by atoms with Crippen LogP contribution in [0.15, 0.2) is 27.6 Å². The lowest BCUT2D eigenvalue weighted by atomic mass is 10.2. The minimum atomic E-state index is -4.31. The zero-order valence-electron chi connectivity index (χ0n) is 6.24. The standard InChI is InChI=1S/C7H7BrO3S/c1-5-4-6(12(9,10)11)2-3-7(5)8/h2-4H,1H3,(H,9,10,11)/p-1. The number of hydrogen-bond acceptors (Lipinski definition) is 3. The van der Waals surface area contributed by atoms with E-state index in [1.807, 2.05) is 0 Å². The predicted molar refractivity (Wildman–Crippen MR) is 46.8 cm³/mol. The molecule has 12 heavy (non-hydrogen) atoms. The van der Waals surface area contributed by atoms with Gasteiger partial charge in [-0.05, 0) is 30.7 Å². The maximum absolute atomic E-state index is 10.5. The summed E-state index contributed by atoms with van der Waals surface area (Å²) in [5.74, 6) is 0. The molecular weight excluding hydrogens is 244 g/mol. The first-order valence-corrected chi connectivity index (χ1v) is 5.33. The van der Waals surface area contributed by atoms with E-state index in [0.717, 1.165) is 10.0 Å². The van der Waals surface area contributed by atoms with E-state index < -0.39 is 10.1 Å². The third-order valence-corrected chi connectivity index (χ3v) is 3.14. The number of rotatable bonds is 1. The summed E-state index contributed by atoms with van der Waals surface area (Å²) >= 11 is 3.20. The van der Waals surface area contributed by atoms with E-state index in [4.69, 9.17) is 0 Å². The van der Waals surface area contributed by atoms with Gasteiger partial charge in [0.15, 0.2) is 0 Å². The summed E-state index contributed by atoms with van der Waals surface area (Å²) in [5.41, 5.74) is 0.729. The zero-order chi connectivity index (χ0) is 9.35. The Kier molecular flexibility index (Phi) is 2.55. The molecule has 0 N–H and O–H groups in total. The van der Waals surface area contributed by atoms with Gasteiger partial charge in [-0.1, -0.05) is 15.9 Å². The van der Waals surface area contributed by atoms with Crippen LogP contribution in [0.5, 0.6) is 0 Å². The van der Waals surface area contributed by atoms with Crippen molar-refractivity contribution in [2.24, 2.45) is 0 Å². The van der Waals surface area contributed by atoms with Gasteiger partial charge >= 0.3 is 0 Å². The van der Waals surface area contributed by atoms with E-state index in [1.54, 1.807) is 13.0 Å². The average Bonchev–Trinajstić information content (AvgIpc) is 1.92. The van der Waals surface area contributed by atoms with Gasteiger partial charge in [-0.25, -0.2) is 8.42 Å². The lowest BCUT2D eigenvalue weighted by Crippen LogP contribution is -1.98. The Hall–Kier alpha value is -0.390. The highest BCUT2D eigenvalue weighted by Crippen LogP contribution is 2.19. The molecule has 0 aliphatic heterocycles. The molecule has 66 valence electrons. The molecule has 0 spiro atoms. The Morgan fingerprint density at radius 3 is 2.42 bits per heavy atom. The summed E-state index contributed by atoms with van der Waals surface area (Å²) in [7, 11) is -4.31. The third-order valence-electron chi connectivity index (χ3n) is 1.42. The smallest absolute Gasteiger partial charge is 0.124 e. The van der Waals surface area contributed by atoms with Crippen LogP contribution in [0.25, 0.3) is 0 Å². The summed E-state index contributed by atoms with van der Waals surface area (Å²) in [6.45, 7) is 1.72. The van der Waals surface area contributed by atoms with Crippen molar-refractivity contribution in [3.63, 3.8) is 0 Å². The molecule has 1 aromatic carbocycles. The Bertz CT molecular complexity index is 397. The molecule has 0 saturated heterocycles. The Labute approximate surface area is 79.3 Å². The minimum absolute atomic E-state index is 0.191.